The van der Waals surface area contributed by atoms with Gasteiger partial charge in [0.2, 0.25) is 0 Å². The second-order valence-electron chi connectivity index (χ2n) is 2.49. The van der Waals surface area contributed by atoms with Crippen molar-refractivity contribution in [3.8, 4) is 0 Å². The lowest BCUT2D eigenvalue weighted by atomic mass is 10.3. The SMILES string of the molecule is CCC/C=C/C(C)OC(=O)OC. The van der Waals surface area contributed by atoms with Crippen LogP contribution < -0.4 is 0 Å². The summed E-state index contributed by atoms with van der Waals surface area (Å²) in [4.78, 5) is 10.6. The third-order valence-electron chi connectivity index (χ3n) is 1.31. The smallest absolute Gasteiger partial charge is 0.438 e. The minimum absolute atomic E-state index is 0.205. The molecule has 1 atom stereocenters. The number of carbonyl (C=O) groups is 1. The highest BCUT2D eigenvalue weighted by Crippen LogP contribution is 1.97. The molecule has 0 N–H and O–H groups in total. The van der Waals surface area contributed by atoms with Crippen LogP contribution in [0.1, 0.15) is 26.7 Å². The van der Waals surface area contributed by atoms with Crippen molar-refractivity contribution in [3.05, 3.63) is 12.2 Å². The van der Waals surface area contributed by atoms with E-state index in [0.717, 1.165) is 12.8 Å². The molecule has 0 fully saturated rings. The summed E-state index contributed by atoms with van der Waals surface area (Å²) < 4.78 is 9.13. The highest BCUT2D eigenvalue weighted by atomic mass is 16.7. The summed E-state index contributed by atoms with van der Waals surface area (Å²) in [6.07, 6.45) is 5.11. The maximum absolute atomic E-state index is 10.6. The lowest BCUT2D eigenvalue weighted by molar-refractivity contribution is 0.0578. The first-order chi connectivity index (χ1) is 5.70. The fraction of sp³-hybridized carbons (Fsp3) is 0.667. The molecule has 0 bridgehead atoms. The minimum Gasteiger partial charge on any atom is -0.438 e. The second-order valence-corrected chi connectivity index (χ2v) is 2.49. The molecule has 0 aliphatic rings. The maximum atomic E-state index is 10.6. The Hall–Kier alpha value is -0.990. The van der Waals surface area contributed by atoms with E-state index in [4.69, 9.17) is 4.74 Å². The second kappa shape index (κ2) is 6.70. The lowest BCUT2D eigenvalue weighted by Crippen LogP contribution is -2.12. The highest BCUT2D eigenvalue weighted by molar-refractivity contribution is 5.59. The standard InChI is InChI=1S/C9H16O3/c1-4-5-6-7-8(2)12-9(10)11-3/h6-8H,4-5H2,1-3H3/b7-6+. The molecule has 0 aromatic carbocycles. The molecule has 3 heteroatoms. The lowest BCUT2D eigenvalue weighted by Gasteiger charge is -2.06. The number of methoxy groups -OCH3 is 1. The first-order valence-electron chi connectivity index (χ1n) is 4.12. The van der Waals surface area contributed by atoms with Crippen LogP contribution in [0.3, 0.4) is 0 Å². The first-order valence-corrected chi connectivity index (χ1v) is 4.12. The molecule has 0 saturated heterocycles. The number of unbranched alkanes of at least 4 members (excludes halogenated alkanes) is 1. The van der Waals surface area contributed by atoms with Gasteiger partial charge in [0, 0.05) is 0 Å². The van der Waals surface area contributed by atoms with E-state index < -0.39 is 6.16 Å². The maximum Gasteiger partial charge on any atom is 0.508 e. The molecule has 12 heavy (non-hydrogen) atoms. The molecular weight excluding hydrogens is 156 g/mol. The molecule has 0 radical (unpaired) electrons. The topological polar surface area (TPSA) is 35.5 Å². The van der Waals surface area contributed by atoms with Crippen LogP contribution in [0.15, 0.2) is 12.2 Å². The van der Waals surface area contributed by atoms with E-state index in [2.05, 4.69) is 11.7 Å². The quantitative estimate of drug-likeness (QED) is 0.483. The van der Waals surface area contributed by atoms with Gasteiger partial charge >= 0.3 is 6.16 Å². The monoisotopic (exact) mass is 172 g/mol. The summed E-state index contributed by atoms with van der Waals surface area (Å²) in [7, 11) is 1.30. The molecule has 70 valence electrons. The van der Waals surface area contributed by atoms with E-state index >= 15 is 0 Å². The van der Waals surface area contributed by atoms with Gasteiger partial charge in [-0.2, -0.15) is 0 Å². The van der Waals surface area contributed by atoms with Crippen molar-refractivity contribution in [1.82, 2.24) is 0 Å². The van der Waals surface area contributed by atoms with Gasteiger partial charge in [0.05, 0.1) is 7.11 Å². The Balaban J connectivity index is 3.58. The Morgan fingerprint density at radius 3 is 2.75 bits per heavy atom. The number of ether oxygens (including phenoxy) is 2. The summed E-state index contributed by atoms with van der Waals surface area (Å²) in [6.45, 7) is 3.89. The van der Waals surface area contributed by atoms with Crippen LogP contribution in [0.4, 0.5) is 4.79 Å². The fourth-order valence-electron chi connectivity index (χ4n) is 0.694. The van der Waals surface area contributed by atoms with Gasteiger partial charge in [-0.3, -0.25) is 0 Å². The van der Waals surface area contributed by atoms with E-state index in [-0.39, 0.29) is 6.10 Å². The summed E-state index contributed by atoms with van der Waals surface area (Å²) in [6, 6.07) is 0. The molecule has 0 aliphatic heterocycles. The number of hydrogen-bond donors (Lipinski definition) is 0. The van der Waals surface area contributed by atoms with Crippen LogP contribution in [0, 0.1) is 0 Å². The average molecular weight is 172 g/mol. The molecule has 0 saturated carbocycles. The number of hydrogen-bond acceptors (Lipinski definition) is 3. The van der Waals surface area contributed by atoms with Gasteiger partial charge in [-0.15, -0.1) is 0 Å². The molecule has 0 aromatic heterocycles. The molecule has 0 aliphatic carbocycles. The Morgan fingerprint density at radius 2 is 2.25 bits per heavy atom. The van der Waals surface area contributed by atoms with Crippen molar-refractivity contribution >= 4 is 6.16 Å². The number of allylic oxidation sites excluding steroid dienone is 1. The molecule has 1 unspecified atom stereocenters. The molecule has 0 heterocycles. The Kier molecular flexibility index (Phi) is 6.15. The zero-order valence-electron chi connectivity index (χ0n) is 7.87. The van der Waals surface area contributed by atoms with Crippen LogP contribution in [0.2, 0.25) is 0 Å². The van der Waals surface area contributed by atoms with Crippen molar-refractivity contribution in [2.24, 2.45) is 0 Å². The number of rotatable bonds is 4. The molecule has 0 rings (SSSR count). The average Bonchev–Trinajstić information content (AvgIpc) is 2.05. The van der Waals surface area contributed by atoms with E-state index in [9.17, 15) is 4.79 Å². The summed E-state index contributed by atoms with van der Waals surface area (Å²) in [5, 5.41) is 0. The summed E-state index contributed by atoms with van der Waals surface area (Å²) in [5.74, 6) is 0. The molecule has 0 amide bonds. The van der Waals surface area contributed by atoms with Crippen molar-refractivity contribution in [2.75, 3.05) is 7.11 Å². The van der Waals surface area contributed by atoms with Gasteiger partial charge in [-0.05, 0) is 19.4 Å². The third kappa shape index (κ3) is 5.77. The van der Waals surface area contributed by atoms with Gasteiger partial charge in [0.1, 0.15) is 6.10 Å². The van der Waals surface area contributed by atoms with Crippen molar-refractivity contribution < 1.29 is 14.3 Å². The fourth-order valence-corrected chi connectivity index (χ4v) is 0.694. The third-order valence-corrected chi connectivity index (χ3v) is 1.31. The van der Waals surface area contributed by atoms with Crippen LogP contribution in [-0.2, 0) is 9.47 Å². The molecular formula is C9H16O3. The molecule has 0 spiro atoms. The first kappa shape index (κ1) is 11.0. The van der Waals surface area contributed by atoms with Crippen molar-refractivity contribution in [2.45, 2.75) is 32.8 Å². The number of carbonyl (C=O) groups excluding carboxylic acids is 1. The largest absolute Gasteiger partial charge is 0.508 e. The predicted octanol–water partition coefficient (Wildman–Crippen LogP) is 2.51. The van der Waals surface area contributed by atoms with Crippen molar-refractivity contribution in [1.29, 1.82) is 0 Å². The Bertz CT molecular complexity index is 152. The molecule has 3 nitrogen and oxygen atoms in total. The zero-order valence-corrected chi connectivity index (χ0v) is 7.87. The van der Waals surface area contributed by atoms with Gasteiger partial charge in [0.15, 0.2) is 0 Å². The Labute approximate surface area is 73.4 Å². The Morgan fingerprint density at radius 1 is 1.58 bits per heavy atom. The van der Waals surface area contributed by atoms with Crippen LogP contribution in [-0.4, -0.2) is 19.4 Å². The van der Waals surface area contributed by atoms with Gasteiger partial charge < -0.3 is 9.47 Å². The normalized spacial score (nSPS) is 12.9. The molecule has 0 aromatic rings. The van der Waals surface area contributed by atoms with Crippen molar-refractivity contribution in [3.63, 3.8) is 0 Å². The van der Waals surface area contributed by atoms with Crippen LogP contribution in [0.5, 0.6) is 0 Å². The summed E-state index contributed by atoms with van der Waals surface area (Å²) >= 11 is 0. The minimum atomic E-state index is -0.636. The van der Waals surface area contributed by atoms with Crippen LogP contribution >= 0.6 is 0 Å². The van der Waals surface area contributed by atoms with E-state index in [1.54, 1.807) is 6.92 Å². The predicted molar refractivity (Wildman–Crippen MR) is 47.0 cm³/mol. The van der Waals surface area contributed by atoms with E-state index in [0.29, 0.717) is 0 Å². The summed E-state index contributed by atoms with van der Waals surface area (Å²) in [5.41, 5.74) is 0. The van der Waals surface area contributed by atoms with Crippen LogP contribution in [0.25, 0.3) is 0 Å². The zero-order chi connectivity index (χ0) is 9.40. The van der Waals surface area contributed by atoms with E-state index in [1.807, 2.05) is 12.2 Å². The van der Waals surface area contributed by atoms with E-state index in [1.165, 1.54) is 7.11 Å². The highest BCUT2D eigenvalue weighted by Gasteiger charge is 2.04. The van der Waals surface area contributed by atoms with Gasteiger partial charge in [0.25, 0.3) is 0 Å². The van der Waals surface area contributed by atoms with Gasteiger partial charge in [-0.1, -0.05) is 19.4 Å². The van der Waals surface area contributed by atoms with Gasteiger partial charge in [-0.25, -0.2) is 4.79 Å².